The lowest BCUT2D eigenvalue weighted by atomic mass is 9.96. The van der Waals surface area contributed by atoms with Gasteiger partial charge in [0.2, 0.25) is 5.91 Å². The van der Waals surface area contributed by atoms with Gasteiger partial charge in [0.05, 0.1) is 0 Å². The number of hydrazine groups is 1. The van der Waals surface area contributed by atoms with Gasteiger partial charge < -0.3 is 5.32 Å². The van der Waals surface area contributed by atoms with E-state index in [9.17, 15) is 18.4 Å². The van der Waals surface area contributed by atoms with Gasteiger partial charge in [-0.25, -0.2) is 10.7 Å². The number of nitrogens with two attached hydrogens (primary N) is 1. The Balaban J connectivity index is 2.57. The number of amides is 2. The van der Waals surface area contributed by atoms with Gasteiger partial charge in [0.15, 0.2) is 0 Å². The van der Waals surface area contributed by atoms with Crippen LogP contribution in [-0.2, 0) is 9.59 Å². The third-order valence-electron chi connectivity index (χ3n) is 2.91. The third-order valence-corrected chi connectivity index (χ3v) is 2.91. The van der Waals surface area contributed by atoms with Crippen LogP contribution in [0.1, 0.15) is 12.8 Å². The molecule has 0 aliphatic carbocycles. The SMILES string of the molecule is CNC(=O)C1CCN(C(F)(F)C(=O)NN)CC1. The summed E-state index contributed by atoms with van der Waals surface area (Å²) in [7, 11) is 1.51. The van der Waals surface area contributed by atoms with Crippen LogP contribution in [0.4, 0.5) is 8.78 Å². The Labute approximate surface area is 97.5 Å². The lowest BCUT2D eigenvalue weighted by molar-refractivity contribution is -0.183. The second kappa shape index (κ2) is 5.37. The van der Waals surface area contributed by atoms with Crippen LogP contribution < -0.4 is 16.6 Å². The Morgan fingerprint density at radius 2 is 1.88 bits per heavy atom. The van der Waals surface area contributed by atoms with Gasteiger partial charge in [0.25, 0.3) is 0 Å². The number of piperidine rings is 1. The number of hydrogen-bond donors (Lipinski definition) is 3. The minimum Gasteiger partial charge on any atom is -0.359 e. The number of alkyl halides is 2. The summed E-state index contributed by atoms with van der Waals surface area (Å²) in [5.41, 5.74) is 1.44. The summed E-state index contributed by atoms with van der Waals surface area (Å²) in [6, 6.07) is -3.62. The lowest BCUT2D eigenvalue weighted by Gasteiger charge is -2.35. The molecule has 0 unspecified atom stereocenters. The zero-order valence-corrected chi connectivity index (χ0v) is 9.50. The van der Waals surface area contributed by atoms with Crippen LogP contribution in [0.3, 0.4) is 0 Å². The van der Waals surface area contributed by atoms with Crippen LogP contribution in [0.5, 0.6) is 0 Å². The minimum atomic E-state index is -3.62. The van der Waals surface area contributed by atoms with E-state index >= 15 is 0 Å². The molecule has 1 heterocycles. The number of nitrogens with one attached hydrogen (secondary N) is 2. The average molecular weight is 250 g/mol. The molecular formula is C9H16F2N4O2. The lowest BCUT2D eigenvalue weighted by Crippen LogP contribution is -2.57. The minimum absolute atomic E-state index is 0.0154. The Bertz CT molecular complexity index is 303. The van der Waals surface area contributed by atoms with E-state index in [0.29, 0.717) is 12.8 Å². The van der Waals surface area contributed by atoms with Gasteiger partial charge in [-0.3, -0.25) is 15.0 Å². The zero-order chi connectivity index (χ0) is 13.1. The second-order valence-electron chi connectivity index (χ2n) is 3.89. The second-order valence-corrected chi connectivity index (χ2v) is 3.89. The molecule has 98 valence electrons. The van der Waals surface area contributed by atoms with Gasteiger partial charge in [-0.05, 0) is 12.8 Å². The van der Waals surface area contributed by atoms with E-state index in [1.807, 2.05) is 0 Å². The summed E-state index contributed by atoms with van der Waals surface area (Å²) in [4.78, 5) is 22.9. The van der Waals surface area contributed by atoms with Crippen molar-refractivity contribution in [2.24, 2.45) is 11.8 Å². The van der Waals surface area contributed by atoms with Gasteiger partial charge in [-0.2, -0.15) is 8.78 Å². The molecule has 1 fully saturated rings. The van der Waals surface area contributed by atoms with Gasteiger partial charge in [0.1, 0.15) is 0 Å². The first-order valence-electron chi connectivity index (χ1n) is 5.29. The standard InChI is InChI=1S/C9H16F2N4O2/c1-13-7(16)6-2-4-15(5-3-6)9(10,11)8(17)14-12/h6H,2-5,12H2,1H3,(H,13,16)(H,14,17). The first-order chi connectivity index (χ1) is 7.93. The number of rotatable bonds is 3. The summed E-state index contributed by atoms with van der Waals surface area (Å²) >= 11 is 0. The molecule has 6 nitrogen and oxygen atoms in total. The fourth-order valence-electron chi connectivity index (χ4n) is 1.86. The largest absolute Gasteiger partial charge is 0.384 e. The molecular weight excluding hydrogens is 234 g/mol. The highest BCUT2D eigenvalue weighted by molar-refractivity contribution is 5.82. The monoisotopic (exact) mass is 250 g/mol. The van der Waals surface area contributed by atoms with Crippen molar-refractivity contribution < 1.29 is 18.4 Å². The van der Waals surface area contributed by atoms with Crippen LogP contribution in [0, 0.1) is 5.92 Å². The predicted molar refractivity (Wildman–Crippen MR) is 55.6 cm³/mol. The smallest absolute Gasteiger partial charge is 0.359 e. The quantitative estimate of drug-likeness (QED) is 0.260. The van der Waals surface area contributed by atoms with Crippen LogP contribution in [0.15, 0.2) is 0 Å². The highest BCUT2D eigenvalue weighted by Gasteiger charge is 2.46. The van der Waals surface area contributed by atoms with E-state index in [2.05, 4.69) is 5.32 Å². The summed E-state index contributed by atoms with van der Waals surface area (Å²) in [5.74, 6) is 2.73. The maximum atomic E-state index is 13.4. The van der Waals surface area contributed by atoms with Crippen LogP contribution in [0.2, 0.25) is 0 Å². The first kappa shape index (κ1) is 13.8. The molecule has 8 heteroatoms. The molecule has 1 saturated heterocycles. The topological polar surface area (TPSA) is 87.5 Å². The van der Waals surface area contributed by atoms with Crippen molar-refractivity contribution in [1.29, 1.82) is 0 Å². The third kappa shape index (κ3) is 2.89. The van der Waals surface area contributed by atoms with Crippen molar-refractivity contribution in [2.45, 2.75) is 18.9 Å². The molecule has 1 aliphatic heterocycles. The van der Waals surface area contributed by atoms with Gasteiger partial charge >= 0.3 is 12.0 Å². The summed E-state index contributed by atoms with van der Waals surface area (Å²) in [5, 5.41) is 2.48. The van der Waals surface area contributed by atoms with Crippen molar-refractivity contribution in [3.63, 3.8) is 0 Å². The van der Waals surface area contributed by atoms with E-state index in [-0.39, 0.29) is 24.9 Å². The van der Waals surface area contributed by atoms with E-state index in [4.69, 9.17) is 5.84 Å². The number of carbonyl (C=O) groups excluding carboxylic acids is 2. The maximum absolute atomic E-state index is 13.4. The van der Waals surface area contributed by atoms with Crippen LogP contribution in [-0.4, -0.2) is 42.9 Å². The van der Waals surface area contributed by atoms with Crippen molar-refractivity contribution >= 4 is 11.8 Å². The number of hydrogen-bond acceptors (Lipinski definition) is 4. The molecule has 4 N–H and O–H groups in total. The molecule has 0 bridgehead atoms. The molecule has 0 spiro atoms. The number of halogens is 2. The molecule has 0 aromatic carbocycles. The van der Waals surface area contributed by atoms with Gasteiger partial charge in [-0.15, -0.1) is 0 Å². The van der Waals surface area contributed by atoms with Crippen molar-refractivity contribution in [3.8, 4) is 0 Å². The molecule has 0 aromatic heterocycles. The molecule has 2 amide bonds. The van der Waals surface area contributed by atoms with E-state index < -0.39 is 12.0 Å². The van der Waals surface area contributed by atoms with Crippen molar-refractivity contribution in [1.82, 2.24) is 15.6 Å². The first-order valence-corrected chi connectivity index (χ1v) is 5.29. The summed E-state index contributed by atoms with van der Waals surface area (Å²) in [6.45, 7) is -0.0307. The molecule has 1 rings (SSSR count). The highest BCUT2D eigenvalue weighted by atomic mass is 19.3. The Kier molecular flexibility index (Phi) is 4.35. The number of likely N-dealkylation sites (tertiary alicyclic amines) is 1. The number of carbonyl (C=O) groups is 2. The highest BCUT2D eigenvalue weighted by Crippen LogP contribution is 2.26. The van der Waals surface area contributed by atoms with E-state index in [1.54, 1.807) is 0 Å². The van der Waals surface area contributed by atoms with E-state index in [1.165, 1.54) is 12.5 Å². The van der Waals surface area contributed by atoms with Crippen molar-refractivity contribution in [2.75, 3.05) is 20.1 Å². The number of nitrogens with zero attached hydrogens (tertiary/aromatic N) is 1. The molecule has 1 aliphatic rings. The molecule has 0 saturated carbocycles. The van der Waals surface area contributed by atoms with Gasteiger partial charge in [-0.1, -0.05) is 0 Å². The molecule has 17 heavy (non-hydrogen) atoms. The molecule has 0 aromatic rings. The normalized spacial score (nSPS) is 18.8. The average Bonchev–Trinajstić information content (AvgIpc) is 2.36. The van der Waals surface area contributed by atoms with E-state index in [0.717, 1.165) is 4.90 Å². The zero-order valence-electron chi connectivity index (χ0n) is 9.50. The fourth-order valence-corrected chi connectivity index (χ4v) is 1.86. The van der Waals surface area contributed by atoms with Crippen LogP contribution in [0.25, 0.3) is 0 Å². The van der Waals surface area contributed by atoms with Crippen molar-refractivity contribution in [3.05, 3.63) is 0 Å². The fraction of sp³-hybridized carbons (Fsp3) is 0.778. The Hall–Kier alpha value is -1.28. The molecule has 0 radical (unpaired) electrons. The van der Waals surface area contributed by atoms with Crippen LogP contribution >= 0.6 is 0 Å². The summed E-state index contributed by atoms with van der Waals surface area (Å²) in [6.07, 6.45) is 0.597. The molecule has 0 atom stereocenters. The Morgan fingerprint density at radius 3 is 2.29 bits per heavy atom. The Morgan fingerprint density at radius 1 is 1.35 bits per heavy atom. The summed E-state index contributed by atoms with van der Waals surface area (Å²) < 4.78 is 26.9. The van der Waals surface area contributed by atoms with Gasteiger partial charge in [0, 0.05) is 26.1 Å². The maximum Gasteiger partial charge on any atom is 0.384 e. The predicted octanol–water partition coefficient (Wildman–Crippen LogP) is -0.973.